The normalized spacial score (nSPS) is 16.1. The van der Waals surface area contributed by atoms with E-state index in [1.165, 1.54) is 6.92 Å². The molecule has 0 unspecified atom stereocenters. The Bertz CT molecular complexity index is 463. The smallest absolute Gasteiger partial charge is 0.287 e. The van der Waals surface area contributed by atoms with Crippen molar-refractivity contribution in [2.75, 3.05) is 7.11 Å². The summed E-state index contributed by atoms with van der Waals surface area (Å²) >= 11 is 0. The summed E-state index contributed by atoms with van der Waals surface area (Å²) in [6.45, 7) is 1.27. The first-order valence-electron chi connectivity index (χ1n) is 5.56. The van der Waals surface area contributed by atoms with Gasteiger partial charge in [0.25, 0.3) is 5.91 Å². The summed E-state index contributed by atoms with van der Waals surface area (Å²) in [6.07, 6.45) is 1.68. The minimum atomic E-state index is -0.534. The van der Waals surface area contributed by atoms with Crippen LogP contribution in [0.3, 0.4) is 0 Å². The zero-order valence-corrected chi connectivity index (χ0v) is 9.95. The van der Waals surface area contributed by atoms with Crippen LogP contribution in [0.1, 0.15) is 25.3 Å². The zero-order valence-electron chi connectivity index (χ0n) is 9.95. The van der Waals surface area contributed by atoms with Gasteiger partial charge in [-0.05, 0) is 18.9 Å². The van der Waals surface area contributed by atoms with E-state index in [1.54, 1.807) is 7.11 Å². The highest BCUT2D eigenvalue weighted by molar-refractivity contribution is 6.35. The third-order valence-electron chi connectivity index (χ3n) is 3.05. The van der Waals surface area contributed by atoms with E-state index in [-0.39, 0.29) is 0 Å². The van der Waals surface area contributed by atoms with E-state index < -0.39 is 17.2 Å². The van der Waals surface area contributed by atoms with Crippen LogP contribution < -0.4 is 10.1 Å². The molecule has 4 nitrogen and oxygen atoms in total. The van der Waals surface area contributed by atoms with Crippen LogP contribution in [0.4, 0.5) is 0 Å². The lowest BCUT2D eigenvalue weighted by molar-refractivity contribution is -0.137. The van der Waals surface area contributed by atoms with E-state index in [2.05, 4.69) is 5.32 Å². The number of hydrogen-bond donors (Lipinski definition) is 1. The van der Waals surface area contributed by atoms with Gasteiger partial charge < -0.3 is 10.1 Å². The minimum Gasteiger partial charge on any atom is -0.496 e. The molecule has 2 rings (SSSR count). The molecule has 1 fully saturated rings. The van der Waals surface area contributed by atoms with Crippen molar-refractivity contribution in [1.29, 1.82) is 0 Å². The highest BCUT2D eigenvalue weighted by Gasteiger charge is 2.47. The molecule has 1 saturated carbocycles. The van der Waals surface area contributed by atoms with Crippen molar-refractivity contribution in [2.45, 2.75) is 25.3 Å². The van der Waals surface area contributed by atoms with Gasteiger partial charge in [0, 0.05) is 12.5 Å². The second-order valence-corrected chi connectivity index (χ2v) is 4.29. The van der Waals surface area contributed by atoms with Gasteiger partial charge in [0.2, 0.25) is 5.78 Å². The number of carbonyl (C=O) groups is 2. The number of methoxy groups -OCH3 is 1. The number of benzene rings is 1. The van der Waals surface area contributed by atoms with Crippen molar-refractivity contribution in [3.05, 3.63) is 29.8 Å². The minimum absolute atomic E-state index is 0.407. The summed E-state index contributed by atoms with van der Waals surface area (Å²) in [7, 11) is 1.60. The molecule has 0 aliphatic heterocycles. The van der Waals surface area contributed by atoms with Crippen molar-refractivity contribution in [3.63, 3.8) is 0 Å². The molecule has 1 amide bonds. The van der Waals surface area contributed by atoms with Gasteiger partial charge >= 0.3 is 0 Å². The number of amides is 1. The third-order valence-corrected chi connectivity index (χ3v) is 3.05. The van der Waals surface area contributed by atoms with E-state index in [9.17, 15) is 9.59 Å². The molecular weight excluding hydrogens is 218 g/mol. The van der Waals surface area contributed by atoms with Crippen molar-refractivity contribution >= 4 is 11.7 Å². The fourth-order valence-corrected chi connectivity index (χ4v) is 1.93. The van der Waals surface area contributed by atoms with E-state index >= 15 is 0 Å². The van der Waals surface area contributed by atoms with Crippen molar-refractivity contribution in [2.24, 2.45) is 0 Å². The lowest BCUT2D eigenvalue weighted by Crippen LogP contribution is -2.38. The predicted octanol–water partition coefficient (Wildman–Crippen LogP) is 1.39. The molecule has 4 heteroatoms. The highest BCUT2D eigenvalue weighted by Crippen LogP contribution is 2.48. The van der Waals surface area contributed by atoms with Gasteiger partial charge in [-0.15, -0.1) is 0 Å². The Labute approximate surface area is 100.0 Å². The first-order chi connectivity index (χ1) is 8.09. The molecular formula is C13H15NO3. The molecule has 0 heterocycles. The Morgan fingerprint density at radius 3 is 2.47 bits per heavy atom. The molecule has 1 aromatic carbocycles. The number of ether oxygens (including phenoxy) is 1. The van der Waals surface area contributed by atoms with Crippen LogP contribution in [0.5, 0.6) is 5.75 Å². The Morgan fingerprint density at radius 2 is 1.94 bits per heavy atom. The van der Waals surface area contributed by atoms with E-state index in [0.717, 1.165) is 24.2 Å². The van der Waals surface area contributed by atoms with Crippen LogP contribution in [0, 0.1) is 0 Å². The molecule has 0 saturated heterocycles. The molecule has 90 valence electrons. The van der Waals surface area contributed by atoms with Gasteiger partial charge in [0.05, 0.1) is 12.6 Å². The van der Waals surface area contributed by atoms with E-state index in [0.29, 0.717) is 0 Å². The van der Waals surface area contributed by atoms with Gasteiger partial charge in [-0.1, -0.05) is 18.2 Å². The molecule has 0 bridgehead atoms. The molecule has 1 aliphatic rings. The van der Waals surface area contributed by atoms with Crippen molar-refractivity contribution < 1.29 is 14.3 Å². The van der Waals surface area contributed by atoms with Gasteiger partial charge in [-0.3, -0.25) is 9.59 Å². The maximum Gasteiger partial charge on any atom is 0.287 e. The molecule has 17 heavy (non-hydrogen) atoms. The summed E-state index contributed by atoms with van der Waals surface area (Å²) in [5.41, 5.74) is 0.534. The standard InChI is InChI=1S/C13H15NO3/c1-9(15)12(16)14-13(7-8-13)10-5-3-4-6-11(10)17-2/h3-6H,7-8H2,1-2H3,(H,14,16). The lowest BCUT2D eigenvalue weighted by atomic mass is 10.0. The number of nitrogens with one attached hydrogen (secondary N) is 1. The summed E-state index contributed by atoms with van der Waals surface area (Å²) in [6, 6.07) is 7.56. The fourth-order valence-electron chi connectivity index (χ4n) is 1.93. The summed E-state index contributed by atoms with van der Waals surface area (Å²) in [5, 5.41) is 2.79. The quantitative estimate of drug-likeness (QED) is 0.799. The van der Waals surface area contributed by atoms with Crippen LogP contribution in [-0.4, -0.2) is 18.8 Å². The van der Waals surface area contributed by atoms with Gasteiger partial charge in [0.15, 0.2) is 0 Å². The van der Waals surface area contributed by atoms with Crippen LogP contribution in [0.2, 0.25) is 0 Å². The molecule has 1 aromatic rings. The molecule has 0 spiro atoms. The van der Waals surface area contributed by atoms with Crippen LogP contribution in [-0.2, 0) is 15.1 Å². The Morgan fingerprint density at radius 1 is 1.29 bits per heavy atom. The average Bonchev–Trinajstić information content (AvgIpc) is 3.09. The Kier molecular flexibility index (Phi) is 2.88. The molecule has 0 atom stereocenters. The van der Waals surface area contributed by atoms with Crippen LogP contribution >= 0.6 is 0 Å². The number of Topliss-reactive ketones (excluding diaryl/α,β-unsaturated/α-hetero) is 1. The second kappa shape index (κ2) is 4.20. The molecule has 1 aliphatic carbocycles. The van der Waals surface area contributed by atoms with Crippen molar-refractivity contribution in [1.82, 2.24) is 5.32 Å². The first-order valence-corrected chi connectivity index (χ1v) is 5.56. The van der Waals surface area contributed by atoms with Gasteiger partial charge in [-0.25, -0.2) is 0 Å². The van der Waals surface area contributed by atoms with E-state index in [1.807, 2.05) is 24.3 Å². The fraction of sp³-hybridized carbons (Fsp3) is 0.385. The summed E-state index contributed by atoms with van der Waals surface area (Å²) < 4.78 is 5.28. The zero-order chi connectivity index (χ0) is 12.5. The predicted molar refractivity (Wildman–Crippen MR) is 62.7 cm³/mol. The third kappa shape index (κ3) is 2.16. The summed E-state index contributed by atoms with van der Waals surface area (Å²) in [4.78, 5) is 22.5. The molecule has 1 N–H and O–H groups in total. The maximum absolute atomic E-state index is 11.5. The Hall–Kier alpha value is -1.84. The van der Waals surface area contributed by atoms with Gasteiger partial charge in [0.1, 0.15) is 5.75 Å². The number of hydrogen-bond acceptors (Lipinski definition) is 3. The first kappa shape index (κ1) is 11.6. The Balaban J connectivity index is 2.27. The number of carbonyl (C=O) groups excluding carboxylic acids is 2. The monoisotopic (exact) mass is 233 g/mol. The second-order valence-electron chi connectivity index (χ2n) is 4.29. The van der Waals surface area contributed by atoms with Crippen LogP contribution in [0.15, 0.2) is 24.3 Å². The van der Waals surface area contributed by atoms with Crippen molar-refractivity contribution in [3.8, 4) is 5.75 Å². The summed E-state index contributed by atoms with van der Waals surface area (Å²) in [5.74, 6) is -0.256. The highest BCUT2D eigenvalue weighted by atomic mass is 16.5. The average molecular weight is 233 g/mol. The number of ketones is 1. The topological polar surface area (TPSA) is 55.4 Å². The largest absolute Gasteiger partial charge is 0.496 e. The molecule has 0 aromatic heterocycles. The SMILES string of the molecule is COc1ccccc1C1(NC(=O)C(C)=O)CC1. The number of para-hydroxylation sites is 1. The van der Waals surface area contributed by atoms with Gasteiger partial charge in [-0.2, -0.15) is 0 Å². The lowest BCUT2D eigenvalue weighted by Gasteiger charge is -2.19. The van der Waals surface area contributed by atoms with Crippen LogP contribution in [0.25, 0.3) is 0 Å². The number of rotatable bonds is 4. The maximum atomic E-state index is 11.5. The van der Waals surface area contributed by atoms with E-state index in [4.69, 9.17) is 4.74 Å². The molecule has 0 radical (unpaired) electrons.